The predicted octanol–water partition coefficient (Wildman–Crippen LogP) is 3.13. The first-order chi connectivity index (χ1) is 12.2. The highest BCUT2D eigenvalue weighted by Gasteiger charge is 2.26. The van der Waals surface area contributed by atoms with Crippen LogP contribution in [0.1, 0.15) is 6.92 Å². The SMILES string of the molecule is CCn1c(Sc2nc3sccn3c2[N+](=O)[O-])nnc1-c1ccncc1. The zero-order valence-corrected chi connectivity index (χ0v) is 14.6. The number of nitro groups is 1. The maximum Gasteiger partial charge on any atom is 0.363 e. The zero-order chi connectivity index (χ0) is 17.4. The predicted molar refractivity (Wildman–Crippen MR) is 92.8 cm³/mol. The van der Waals surface area contributed by atoms with Gasteiger partial charge in [0.05, 0.1) is 0 Å². The fourth-order valence-electron chi connectivity index (χ4n) is 2.44. The average molecular weight is 373 g/mol. The molecule has 9 nitrogen and oxygen atoms in total. The molecule has 0 amide bonds. The van der Waals surface area contributed by atoms with Gasteiger partial charge in [0.1, 0.15) is 6.20 Å². The zero-order valence-electron chi connectivity index (χ0n) is 12.9. The second kappa shape index (κ2) is 6.26. The van der Waals surface area contributed by atoms with Crippen LogP contribution in [0.25, 0.3) is 16.3 Å². The van der Waals surface area contributed by atoms with Gasteiger partial charge >= 0.3 is 5.82 Å². The molecule has 0 saturated carbocycles. The van der Waals surface area contributed by atoms with E-state index in [1.807, 2.05) is 23.6 Å². The first-order valence-corrected chi connectivity index (χ1v) is 9.00. The number of aromatic nitrogens is 6. The van der Waals surface area contributed by atoms with Crippen molar-refractivity contribution in [2.24, 2.45) is 0 Å². The van der Waals surface area contributed by atoms with Crippen LogP contribution in [0.3, 0.4) is 0 Å². The molecule has 4 rings (SSSR count). The van der Waals surface area contributed by atoms with Crippen molar-refractivity contribution in [1.29, 1.82) is 0 Å². The van der Waals surface area contributed by atoms with Gasteiger partial charge in [-0.2, -0.15) is 9.38 Å². The van der Waals surface area contributed by atoms with Gasteiger partial charge in [0.15, 0.2) is 11.0 Å². The summed E-state index contributed by atoms with van der Waals surface area (Å²) >= 11 is 2.49. The quantitative estimate of drug-likeness (QED) is 0.391. The van der Waals surface area contributed by atoms with Crippen molar-refractivity contribution >= 4 is 33.9 Å². The van der Waals surface area contributed by atoms with Crippen LogP contribution in [-0.2, 0) is 6.54 Å². The Labute approximate surface area is 149 Å². The summed E-state index contributed by atoms with van der Waals surface area (Å²) in [5.74, 6) is 0.633. The van der Waals surface area contributed by atoms with E-state index in [0.717, 1.165) is 17.3 Å². The minimum Gasteiger partial charge on any atom is -0.358 e. The van der Waals surface area contributed by atoms with Gasteiger partial charge in [0, 0.05) is 29.9 Å². The third-order valence-electron chi connectivity index (χ3n) is 3.54. The molecule has 126 valence electrons. The Balaban J connectivity index is 1.77. The fraction of sp³-hybridized carbons (Fsp3) is 0.143. The van der Waals surface area contributed by atoms with Crippen molar-refractivity contribution in [3.63, 3.8) is 0 Å². The Hall–Kier alpha value is -2.79. The van der Waals surface area contributed by atoms with Crippen LogP contribution in [0.2, 0.25) is 0 Å². The van der Waals surface area contributed by atoms with Crippen molar-refractivity contribution in [3.8, 4) is 11.4 Å². The normalized spacial score (nSPS) is 11.2. The van der Waals surface area contributed by atoms with E-state index in [-0.39, 0.29) is 5.82 Å². The molecular weight excluding hydrogens is 362 g/mol. The van der Waals surface area contributed by atoms with Crippen molar-refractivity contribution in [2.75, 3.05) is 0 Å². The molecule has 0 radical (unpaired) electrons. The number of pyridine rings is 1. The molecule has 4 aromatic rings. The van der Waals surface area contributed by atoms with Crippen LogP contribution in [-0.4, -0.2) is 34.1 Å². The van der Waals surface area contributed by atoms with E-state index in [4.69, 9.17) is 0 Å². The molecule has 0 spiro atoms. The van der Waals surface area contributed by atoms with Gasteiger partial charge in [-0.1, -0.05) is 11.3 Å². The molecule has 0 aliphatic carbocycles. The second-order valence-corrected chi connectivity index (χ2v) is 6.77. The Kier molecular flexibility index (Phi) is 3.93. The van der Waals surface area contributed by atoms with Crippen molar-refractivity contribution in [2.45, 2.75) is 23.7 Å². The molecule has 4 heterocycles. The van der Waals surface area contributed by atoms with Gasteiger partial charge in [-0.15, -0.1) is 10.2 Å². The Bertz CT molecular complexity index is 1050. The first kappa shape index (κ1) is 15.7. The second-order valence-electron chi connectivity index (χ2n) is 4.94. The minimum absolute atomic E-state index is 0.0580. The number of nitrogens with zero attached hydrogens (tertiary/aromatic N) is 7. The number of hydrogen-bond acceptors (Lipinski definition) is 8. The van der Waals surface area contributed by atoms with Gasteiger partial charge < -0.3 is 14.7 Å². The maximum atomic E-state index is 11.5. The summed E-state index contributed by atoms with van der Waals surface area (Å²) in [7, 11) is 0. The summed E-state index contributed by atoms with van der Waals surface area (Å²) in [6.07, 6.45) is 5.01. The molecule has 0 fully saturated rings. The molecule has 0 saturated heterocycles. The Morgan fingerprint density at radius 2 is 2.12 bits per heavy atom. The number of fused-ring (bicyclic) bond motifs is 1. The monoisotopic (exact) mass is 373 g/mol. The van der Waals surface area contributed by atoms with Crippen molar-refractivity contribution in [3.05, 3.63) is 46.2 Å². The summed E-state index contributed by atoms with van der Waals surface area (Å²) in [4.78, 5) is 20.0. The van der Waals surface area contributed by atoms with Crippen LogP contribution in [0.4, 0.5) is 5.82 Å². The number of rotatable bonds is 5. The van der Waals surface area contributed by atoms with E-state index in [1.54, 1.807) is 24.0 Å². The standard InChI is InChI=1S/C14H11N7O2S2/c1-2-19-10(9-3-5-15-6-4-9)17-18-14(19)25-11-12(21(22)23)20-7-8-24-13(20)16-11/h3-8H,2H2,1H3. The maximum absolute atomic E-state index is 11.5. The minimum atomic E-state index is -0.425. The molecule has 0 aliphatic rings. The lowest BCUT2D eigenvalue weighted by atomic mass is 10.2. The van der Waals surface area contributed by atoms with Gasteiger partial charge in [-0.3, -0.25) is 4.98 Å². The van der Waals surface area contributed by atoms with Gasteiger partial charge in [0.2, 0.25) is 5.03 Å². The molecule has 25 heavy (non-hydrogen) atoms. The lowest BCUT2D eigenvalue weighted by molar-refractivity contribution is -0.393. The number of thiazole rings is 1. The van der Waals surface area contributed by atoms with E-state index in [2.05, 4.69) is 20.2 Å². The van der Waals surface area contributed by atoms with Gasteiger partial charge in [-0.25, -0.2) is 0 Å². The molecule has 0 aromatic carbocycles. The van der Waals surface area contributed by atoms with Crippen LogP contribution < -0.4 is 0 Å². The van der Waals surface area contributed by atoms with E-state index < -0.39 is 4.92 Å². The highest BCUT2D eigenvalue weighted by Crippen LogP contribution is 2.36. The van der Waals surface area contributed by atoms with E-state index in [9.17, 15) is 10.1 Å². The fourth-order valence-corrected chi connectivity index (χ4v) is 4.18. The molecule has 11 heteroatoms. The molecular formula is C14H11N7O2S2. The lowest BCUT2D eigenvalue weighted by Crippen LogP contribution is -2.00. The van der Waals surface area contributed by atoms with Gasteiger partial charge in [-0.05, 0) is 35.7 Å². The summed E-state index contributed by atoms with van der Waals surface area (Å²) in [5, 5.41) is 22.5. The molecule has 0 N–H and O–H groups in total. The van der Waals surface area contributed by atoms with E-state index >= 15 is 0 Å². The number of hydrogen-bond donors (Lipinski definition) is 0. The van der Waals surface area contributed by atoms with Crippen LogP contribution >= 0.6 is 23.1 Å². The molecule has 0 unspecified atom stereocenters. The smallest absolute Gasteiger partial charge is 0.358 e. The third-order valence-corrected chi connectivity index (χ3v) is 5.25. The topological polar surface area (TPSA) is 104 Å². The summed E-state index contributed by atoms with van der Waals surface area (Å²) in [6, 6.07) is 3.69. The van der Waals surface area contributed by atoms with Crippen molar-refractivity contribution < 1.29 is 4.92 Å². The van der Waals surface area contributed by atoms with Crippen LogP contribution in [0, 0.1) is 10.1 Å². The Morgan fingerprint density at radius 3 is 2.84 bits per heavy atom. The van der Waals surface area contributed by atoms with Gasteiger partial charge in [0.25, 0.3) is 4.96 Å². The summed E-state index contributed by atoms with van der Waals surface area (Å²) < 4.78 is 3.38. The molecule has 0 aliphatic heterocycles. The highest BCUT2D eigenvalue weighted by atomic mass is 32.2. The first-order valence-electron chi connectivity index (χ1n) is 7.30. The number of imidazole rings is 1. The van der Waals surface area contributed by atoms with Crippen molar-refractivity contribution in [1.82, 2.24) is 29.1 Å². The van der Waals surface area contributed by atoms with E-state index in [1.165, 1.54) is 15.7 Å². The molecule has 4 aromatic heterocycles. The lowest BCUT2D eigenvalue weighted by Gasteiger charge is -2.06. The molecule has 0 bridgehead atoms. The highest BCUT2D eigenvalue weighted by molar-refractivity contribution is 7.99. The summed E-state index contributed by atoms with van der Waals surface area (Å²) in [6.45, 7) is 2.60. The average Bonchev–Trinajstić information content (AvgIpc) is 3.29. The Morgan fingerprint density at radius 1 is 1.32 bits per heavy atom. The third kappa shape index (κ3) is 2.66. The molecule has 0 atom stereocenters. The summed E-state index contributed by atoms with van der Waals surface area (Å²) in [5.41, 5.74) is 0.886. The van der Waals surface area contributed by atoms with Crippen LogP contribution in [0.15, 0.2) is 46.3 Å². The largest absolute Gasteiger partial charge is 0.363 e. The van der Waals surface area contributed by atoms with Crippen LogP contribution in [0.5, 0.6) is 0 Å². The van der Waals surface area contributed by atoms with E-state index in [0.29, 0.717) is 27.5 Å².